The third-order valence-corrected chi connectivity index (χ3v) is 3.89. The van der Waals surface area contributed by atoms with E-state index in [1.54, 1.807) is 0 Å². The second kappa shape index (κ2) is 4.74. The maximum absolute atomic E-state index is 11.9. The largest absolute Gasteiger partial charge is 0.368 e. The Bertz CT molecular complexity index is 253. The van der Waals surface area contributed by atoms with Gasteiger partial charge in [-0.05, 0) is 30.7 Å². The number of likely N-dealkylation sites (N-methyl/N-ethyl adjacent to an activating group) is 1. The zero-order chi connectivity index (χ0) is 12.4. The molecule has 0 saturated heterocycles. The van der Waals surface area contributed by atoms with Crippen molar-refractivity contribution in [1.29, 1.82) is 0 Å². The predicted molar refractivity (Wildman–Crippen MR) is 67.0 cm³/mol. The summed E-state index contributed by atoms with van der Waals surface area (Å²) in [5.41, 5.74) is 5.32. The average Bonchev–Trinajstić information content (AvgIpc) is 2.17. The van der Waals surface area contributed by atoms with Gasteiger partial charge in [0.05, 0.1) is 0 Å². The van der Waals surface area contributed by atoms with Gasteiger partial charge in [0.2, 0.25) is 5.91 Å². The summed E-state index contributed by atoms with van der Waals surface area (Å²) < 4.78 is 0. The fraction of sp³-hybridized carbons (Fsp3) is 0.923. The monoisotopic (exact) mass is 226 g/mol. The molecule has 0 heterocycles. The summed E-state index contributed by atoms with van der Waals surface area (Å²) in [6.45, 7) is 9.46. The van der Waals surface area contributed by atoms with Crippen LogP contribution in [0.3, 0.4) is 0 Å². The fourth-order valence-corrected chi connectivity index (χ4v) is 3.25. The van der Waals surface area contributed by atoms with Crippen molar-refractivity contribution < 1.29 is 4.79 Å². The number of hydrogen-bond donors (Lipinski definition) is 2. The van der Waals surface area contributed by atoms with Crippen LogP contribution in [-0.2, 0) is 4.79 Å². The minimum absolute atomic E-state index is 0.123. The quantitative estimate of drug-likeness (QED) is 0.774. The van der Waals surface area contributed by atoms with Crippen LogP contribution in [0, 0.1) is 11.3 Å². The molecule has 3 N–H and O–H groups in total. The summed E-state index contributed by atoms with van der Waals surface area (Å²) in [6.07, 6.45) is 4.29. The van der Waals surface area contributed by atoms with E-state index in [1.165, 1.54) is 6.42 Å². The van der Waals surface area contributed by atoms with Crippen LogP contribution in [-0.4, -0.2) is 18.0 Å². The Balaban J connectivity index is 3.05. The van der Waals surface area contributed by atoms with Crippen molar-refractivity contribution in [1.82, 2.24) is 5.32 Å². The first-order valence-electron chi connectivity index (χ1n) is 6.39. The lowest BCUT2D eigenvalue weighted by Crippen LogP contribution is -2.64. The van der Waals surface area contributed by atoms with Crippen molar-refractivity contribution >= 4 is 5.91 Å². The Morgan fingerprint density at radius 2 is 2.06 bits per heavy atom. The zero-order valence-corrected chi connectivity index (χ0v) is 11.1. The van der Waals surface area contributed by atoms with Gasteiger partial charge in [0, 0.05) is 0 Å². The summed E-state index contributed by atoms with van der Waals surface area (Å²) in [7, 11) is 0. The van der Waals surface area contributed by atoms with Crippen molar-refractivity contribution in [2.24, 2.45) is 17.1 Å². The van der Waals surface area contributed by atoms with Crippen LogP contribution in [0.25, 0.3) is 0 Å². The number of nitrogens with one attached hydrogen (secondary N) is 1. The minimum atomic E-state index is -0.481. The highest BCUT2D eigenvalue weighted by atomic mass is 16.1. The molecule has 0 aromatic heterocycles. The topological polar surface area (TPSA) is 55.1 Å². The van der Waals surface area contributed by atoms with Crippen LogP contribution in [0.4, 0.5) is 0 Å². The van der Waals surface area contributed by atoms with Crippen LogP contribution in [0.2, 0.25) is 0 Å². The van der Waals surface area contributed by atoms with Crippen molar-refractivity contribution in [3.63, 3.8) is 0 Å². The molecule has 2 unspecified atom stereocenters. The van der Waals surface area contributed by atoms with Gasteiger partial charge in [0.25, 0.3) is 0 Å². The van der Waals surface area contributed by atoms with E-state index in [1.807, 2.05) is 6.92 Å². The second-order valence-corrected chi connectivity index (χ2v) is 6.03. The van der Waals surface area contributed by atoms with Crippen LogP contribution in [0.15, 0.2) is 0 Å². The standard InChI is InChI=1S/C13H26N2O/c1-5-15-13(11(14)16)9-7-6-8-10(13)12(2,3)4/h10,15H,5-9H2,1-4H3,(H2,14,16). The van der Waals surface area contributed by atoms with E-state index < -0.39 is 5.54 Å². The van der Waals surface area contributed by atoms with Gasteiger partial charge in [0.1, 0.15) is 5.54 Å². The highest BCUT2D eigenvalue weighted by Gasteiger charge is 2.49. The van der Waals surface area contributed by atoms with E-state index in [0.29, 0.717) is 5.92 Å². The fourth-order valence-electron chi connectivity index (χ4n) is 3.25. The first-order valence-corrected chi connectivity index (χ1v) is 6.39. The van der Waals surface area contributed by atoms with E-state index >= 15 is 0 Å². The first kappa shape index (κ1) is 13.5. The van der Waals surface area contributed by atoms with Crippen LogP contribution in [0.1, 0.15) is 53.4 Å². The van der Waals surface area contributed by atoms with E-state index in [0.717, 1.165) is 25.8 Å². The summed E-state index contributed by atoms with van der Waals surface area (Å²) in [4.78, 5) is 11.9. The molecule has 1 aliphatic rings. The van der Waals surface area contributed by atoms with Gasteiger partial charge in [-0.2, -0.15) is 0 Å². The molecule has 0 radical (unpaired) electrons. The molecular formula is C13H26N2O. The summed E-state index contributed by atoms with van der Waals surface area (Å²) in [6, 6.07) is 0. The minimum Gasteiger partial charge on any atom is -0.368 e. The van der Waals surface area contributed by atoms with Crippen molar-refractivity contribution in [3.05, 3.63) is 0 Å². The van der Waals surface area contributed by atoms with E-state index in [9.17, 15) is 4.79 Å². The molecule has 94 valence electrons. The number of primary amides is 1. The Kier molecular flexibility index (Phi) is 4.00. The lowest BCUT2D eigenvalue weighted by atomic mass is 9.61. The van der Waals surface area contributed by atoms with Crippen LogP contribution in [0.5, 0.6) is 0 Å². The zero-order valence-electron chi connectivity index (χ0n) is 11.1. The molecule has 3 heteroatoms. The summed E-state index contributed by atoms with van der Waals surface area (Å²) in [5.74, 6) is 0.167. The van der Waals surface area contributed by atoms with Crippen LogP contribution < -0.4 is 11.1 Å². The summed E-state index contributed by atoms with van der Waals surface area (Å²) >= 11 is 0. The maximum atomic E-state index is 11.9. The number of carbonyl (C=O) groups is 1. The van der Waals surface area contributed by atoms with Gasteiger partial charge < -0.3 is 11.1 Å². The van der Waals surface area contributed by atoms with E-state index in [4.69, 9.17) is 5.73 Å². The van der Waals surface area contributed by atoms with E-state index in [-0.39, 0.29) is 11.3 Å². The van der Waals surface area contributed by atoms with Gasteiger partial charge in [-0.25, -0.2) is 0 Å². The molecule has 0 aromatic rings. The highest BCUT2D eigenvalue weighted by Crippen LogP contribution is 2.44. The predicted octanol–water partition coefficient (Wildman–Crippen LogP) is 2.06. The van der Waals surface area contributed by atoms with Gasteiger partial charge >= 0.3 is 0 Å². The SMILES string of the molecule is CCNC1(C(N)=O)CCCCC1C(C)(C)C. The molecule has 0 bridgehead atoms. The average molecular weight is 226 g/mol. The molecule has 0 aliphatic heterocycles. The third kappa shape index (κ3) is 2.40. The second-order valence-electron chi connectivity index (χ2n) is 6.03. The molecule has 1 fully saturated rings. The molecule has 0 spiro atoms. The number of amides is 1. The highest BCUT2D eigenvalue weighted by molar-refractivity contribution is 5.85. The number of nitrogens with two attached hydrogens (primary N) is 1. The molecular weight excluding hydrogens is 200 g/mol. The molecule has 1 amide bonds. The number of hydrogen-bond acceptors (Lipinski definition) is 2. The Morgan fingerprint density at radius 1 is 1.44 bits per heavy atom. The molecule has 3 nitrogen and oxygen atoms in total. The Morgan fingerprint density at radius 3 is 2.50 bits per heavy atom. The maximum Gasteiger partial charge on any atom is 0.238 e. The Hall–Kier alpha value is -0.570. The molecule has 0 aromatic carbocycles. The van der Waals surface area contributed by atoms with Crippen molar-refractivity contribution in [3.8, 4) is 0 Å². The molecule has 1 aliphatic carbocycles. The Labute approximate surface area is 99.2 Å². The lowest BCUT2D eigenvalue weighted by molar-refractivity contribution is -0.131. The smallest absolute Gasteiger partial charge is 0.238 e. The van der Waals surface area contributed by atoms with Gasteiger partial charge in [-0.15, -0.1) is 0 Å². The normalized spacial score (nSPS) is 31.4. The van der Waals surface area contributed by atoms with E-state index in [2.05, 4.69) is 26.1 Å². The van der Waals surface area contributed by atoms with Crippen LogP contribution >= 0.6 is 0 Å². The molecule has 16 heavy (non-hydrogen) atoms. The summed E-state index contributed by atoms with van der Waals surface area (Å²) in [5, 5.41) is 3.38. The van der Waals surface area contributed by atoms with Gasteiger partial charge in [-0.1, -0.05) is 40.5 Å². The number of rotatable bonds is 3. The van der Waals surface area contributed by atoms with Gasteiger partial charge in [-0.3, -0.25) is 4.79 Å². The molecule has 2 atom stereocenters. The lowest BCUT2D eigenvalue weighted by Gasteiger charge is -2.48. The van der Waals surface area contributed by atoms with Crippen molar-refractivity contribution in [2.75, 3.05) is 6.54 Å². The first-order chi connectivity index (χ1) is 7.34. The third-order valence-electron chi connectivity index (χ3n) is 3.89. The molecule has 1 rings (SSSR count). The number of carbonyl (C=O) groups excluding carboxylic acids is 1. The van der Waals surface area contributed by atoms with Gasteiger partial charge in [0.15, 0.2) is 0 Å². The van der Waals surface area contributed by atoms with Crippen molar-refractivity contribution in [2.45, 2.75) is 58.9 Å². The molecule has 1 saturated carbocycles.